The Balaban J connectivity index is 1.94. The summed E-state index contributed by atoms with van der Waals surface area (Å²) >= 11 is 1.71. The van der Waals surface area contributed by atoms with Gasteiger partial charge >= 0.3 is 0 Å². The molecule has 1 atom stereocenters. The number of nitrogens with zero attached hydrogens (tertiary/aromatic N) is 1. The van der Waals surface area contributed by atoms with Crippen molar-refractivity contribution < 1.29 is 23.7 Å². The summed E-state index contributed by atoms with van der Waals surface area (Å²) < 4.78 is 21.4. The minimum atomic E-state index is -0.129. The number of carbonyl (C=O) groups is 1. The Labute approximate surface area is 163 Å². The van der Waals surface area contributed by atoms with E-state index in [1.807, 2.05) is 23.1 Å². The summed E-state index contributed by atoms with van der Waals surface area (Å²) in [6.07, 6.45) is 0. The first-order chi connectivity index (χ1) is 13.1. The molecule has 1 aliphatic heterocycles. The van der Waals surface area contributed by atoms with Crippen LogP contribution in [0.25, 0.3) is 0 Å². The molecule has 2 aromatic carbocycles. The summed E-state index contributed by atoms with van der Waals surface area (Å²) in [4.78, 5) is 15.1. The number of benzene rings is 2. The maximum absolute atomic E-state index is 13.2. The lowest BCUT2D eigenvalue weighted by Gasteiger charge is -2.26. The normalized spacial score (nSPS) is 16.1. The van der Waals surface area contributed by atoms with Crippen molar-refractivity contribution in [1.29, 1.82) is 0 Å². The lowest BCUT2D eigenvalue weighted by molar-refractivity contribution is 0.0758. The zero-order valence-corrected chi connectivity index (χ0v) is 16.7. The first-order valence-corrected chi connectivity index (χ1v) is 9.53. The van der Waals surface area contributed by atoms with E-state index in [4.69, 9.17) is 18.9 Å². The number of hydrogen-bond acceptors (Lipinski definition) is 6. The van der Waals surface area contributed by atoms with Crippen molar-refractivity contribution in [2.24, 2.45) is 0 Å². The van der Waals surface area contributed by atoms with Gasteiger partial charge in [0.25, 0.3) is 5.91 Å². The second-order valence-corrected chi connectivity index (χ2v) is 7.12. The van der Waals surface area contributed by atoms with Gasteiger partial charge in [-0.3, -0.25) is 4.79 Å². The summed E-state index contributed by atoms with van der Waals surface area (Å²) in [5.41, 5.74) is 1.48. The van der Waals surface area contributed by atoms with E-state index >= 15 is 0 Å². The first-order valence-electron chi connectivity index (χ1n) is 8.48. The van der Waals surface area contributed by atoms with Crippen LogP contribution in [0.2, 0.25) is 0 Å². The second kappa shape index (κ2) is 8.43. The van der Waals surface area contributed by atoms with Crippen molar-refractivity contribution in [3.05, 3.63) is 47.5 Å². The molecule has 6 nitrogen and oxygen atoms in total. The van der Waals surface area contributed by atoms with Crippen molar-refractivity contribution in [3.8, 4) is 23.0 Å². The van der Waals surface area contributed by atoms with Gasteiger partial charge in [-0.05, 0) is 24.3 Å². The van der Waals surface area contributed by atoms with Gasteiger partial charge < -0.3 is 23.8 Å². The van der Waals surface area contributed by atoms with Crippen LogP contribution in [0.15, 0.2) is 36.4 Å². The topological polar surface area (TPSA) is 57.2 Å². The minimum absolute atomic E-state index is 0.0694. The summed E-state index contributed by atoms with van der Waals surface area (Å²) in [5.74, 6) is 3.38. The third-order valence-corrected chi connectivity index (χ3v) is 5.70. The van der Waals surface area contributed by atoms with E-state index < -0.39 is 0 Å². The third kappa shape index (κ3) is 3.93. The van der Waals surface area contributed by atoms with Crippen molar-refractivity contribution in [2.75, 3.05) is 40.7 Å². The number of methoxy groups -OCH3 is 4. The monoisotopic (exact) mass is 389 g/mol. The summed E-state index contributed by atoms with van der Waals surface area (Å²) in [5, 5.41) is -0.129. The van der Waals surface area contributed by atoms with Gasteiger partial charge in [-0.25, -0.2) is 0 Å². The summed E-state index contributed by atoms with van der Waals surface area (Å²) in [7, 11) is 6.38. The molecule has 27 heavy (non-hydrogen) atoms. The fourth-order valence-electron chi connectivity index (χ4n) is 3.05. The van der Waals surface area contributed by atoms with E-state index in [0.717, 1.165) is 11.3 Å². The fraction of sp³-hybridized carbons (Fsp3) is 0.350. The molecular weight excluding hydrogens is 366 g/mol. The molecule has 1 unspecified atom stereocenters. The molecule has 0 aromatic heterocycles. The van der Waals surface area contributed by atoms with E-state index in [1.54, 1.807) is 58.4 Å². The quantitative estimate of drug-likeness (QED) is 0.752. The van der Waals surface area contributed by atoms with E-state index in [1.165, 1.54) is 0 Å². The molecule has 3 rings (SSSR count). The number of rotatable bonds is 6. The highest BCUT2D eigenvalue weighted by atomic mass is 32.2. The Kier molecular flexibility index (Phi) is 6.01. The van der Waals surface area contributed by atoms with Crippen molar-refractivity contribution >= 4 is 17.7 Å². The van der Waals surface area contributed by atoms with Crippen LogP contribution in [0.4, 0.5) is 0 Å². The third-order valence-electron chi connectivity index (χ3n) is 4.46. The zero-order chi connectivity index (χ0) is 19.4. The molecule has 1 amide bonds. The van der Waals surface area contributed by atoms with Gasteiger partial charge in [0.15, 0.2) is 0 Å². The Morgan fingerprint density at radius 2 is 1.59 bits per heavy atom. The lowest BCUT2D eigenvalue weighted by Crippen LogP contribution is -2.30. The molecule has 1 heterocycles. The number of carbonyl (C=O) groups excluding carboxylic acids is 1. The number of amides is 1. The highest BCUT2D eigenvalue weighted by Gasteiger charge is 2.33. The van der Waals surface area contributed by atoms with Crippen LogP contribution in [0.5, 0.6) is 23.0 Å². The molecule has 1 fully saturated rings. The van der Waals surface area contributed by atoms with E-state index in [9.17, 15) is 4.79 Å². The van der Waals surface area contributed by atoms with Crippen LogP contribution in [0.3, 0.4) is 0 Å². The molecule has 7 heteroatoms. The van der Waals surface area contributed by atoms with Crippen LogP contribution in [0, 0.1) is 0 Å². The Morgan fingerprint density at radius 3 is 2.19 bits per heavy atom. The molecule has 0 N–H and O–H groups in total. The van der Waals surface area contributed by atoms with Crippen molar-refractivity contribution in [1.82, 2.24) is 4.90 Å². The first kappa shape index (κ1) is 19.2. The maximum Gasteiger partial charge on any atom is 0.255 e. The Morgan fingerprint density at radius 1 is 0.926 bits per heavy atom. The largest absolute Gasteiger partial charge is 0.497 e. The van der Waals surface area contributed by atoms with Crippen LogP contribution >= 0.6 is 11.8 Å². The summed E-state index contributed by atoms with van der Waals surface area (Å²) in [6.45, 7) is 0.656. The van der Waals surface area contributed by atoms with Crippen LogP contribution in [0.1, 0.15) is 21.3 Å². The van der Waals surface area contributed by atoms with Gasteiger partial charge in [0.1, 0.15) is 28.4 Å². The molecule has 0 bridgehead atoms. The van der Waals surface area contributed by atoms with Gasteiger partial charge in [0.2, 0.25) is 0 Å². The van der Waals surface area contributed by atoms with Gasteiger partial charge in [-0.2, -0.15) is 0 Å². The van der Waals surface area contributed by atoms with E-state index in [-0.39, 0.29) is 11.3 Å². The molecule has 144 valence electrons. The number of ether oxygens (including phenoxy) is 4. The van der Waals surface area contributed by atoms with Crippen molar-refractivity contribution in [3.63, 3.8) is 0 Å². The Bertz CT molecular complexity index is 804. The smallest absolute Gasteiger partial charge is 0.255 e. The Hall–Kier alpha value is -2.54. The highest BCUT2D eigenvalue weighted by Crippen LogP contribution is 2.43. The second-order valence-electron chi connectivity index (χ2n) is 5.93. The van der Waals surface area contributed by atoms with E-state index in [2.05, 4.69) is 0 Å². The van der Waals surface area contributed by atoms with Gasteiger partial charge in [0.05, 0.1) is 28.4 Å². The highest BCUT2D eigenvalue weighted by molar-refractivity contribution is 7.99. The molecule has 0 saturated carbocycles. The molecule has 0 spiro atoms. The van der Waals surface area contributed by atoms with Crippen molar-refractivity contribution in [2.45, 2.75) is 5.37 Å². The molecule has 0 radical (unpaired) electrons. The zero-order valence-electron chi connectivity index (χ0n) is 15.9. The van der Waals surface area contributed by atoms with E-state index in [0.29, 0.717) is 35.1 Å². The average Bonchev–Trinajstić information content (AvgIpc) is 3.21. The molecular formula is C20H23NO5S. The van der Waals surface area contributed by atoms with Gasteiger partial charge in [0, 0.05) is 35.6 Å². The predicted octanol–water partition coefficient (Wildman–Crippen LogP) is 3.61. The average molecular weight is 389 g/mol. The lowest BCUT2D eigenvalue weighted by atomic mass is 10.1. The SMILES string of the molecule is COc1cc(OC)cc(C(=O)N2CCSC2c2ccc(OC)cc2OC)c1. The summed E-state index contributed by atoms with van der Waals surface area (Å²) in [6, 6.07) is 10.9. The van der Waals surface area contributed by atoms with Crippen LogP contribution < -0.4 is 18.9 Å². The van der Waals surface area contributed by atoms with Crippen LogP contribution in [-0.4, -0.2) is 51.5 Å². The van der Waals surface area contributed by atoms with Gasteiger partial charge in [-0.15, -0.1) is 11.8 Å². The molecule has 2 aromatic rings. The standard InChI is InChI=1S/C20H23NO5S/c1-23-14-5-6-17(18(12-14)26-4)20-21(7-8-27-20)19(22)13-9-15(24-2)11-16(10-13)25-3/h5-6,9-12,20H,7-8H2,1-4H3. The van der Waals surface area contributed by atoms with Gasteiger partial charge in [-0.1, -0.05) is 0 Å². The minimum Gasteiger partial charge on any atom is -0.497 e. The number of thioether (sulfide) groups is 1. The fourth-order valence-corrected chi connectivity index (χ4v) is 4.34. The van der Waals surface area contributed by atoms with Crippen LogP contribution in [-0.2, 0) is 0 Å². The molecule has 1 saturated heterocycles. The number of hydrogen-bond donors (Lipinski definition) is 0. The molecule has 0 aliphatic carbocycles. The predicted molar refractivity (Wildman–Crippen MR) is 105 cm³/mol. The maximum atomic E-state index is 13.2. The molecule has 1 aliphatic rings.